The molecule has 1 heterocycles. The third-order valence-corrected chi connectivity index (χ3v) is 3.22. The maximum Gasteiger partial charge on any atom is 0.163 e. The van der Waals surface area contributed by atoms with E-state index in [2.05, 4.69) is 38.1 Å². The van der Waals surface area contributed by atoms with Crippen molar-refractivity contribution in [3.05, 3.63) is 35.9 Å². The van der Waals surface area contributed by atoms with Crippen molar-refractivity contribution in [2.24, 2.45) is 5.92 Å². The first kappa shape index (κ1) is 12.6. The Morgan fingerprint density at radius 1 is 1.12 bits per heavy atom. The predicted molar refractivity (Wildman–Crippen MR) is 68.7 cm³/mol. The maximum absolute atomic E-state index is 6.02. The van der Waals surface area contributed by atoms with E-state index < -0.39 is 5.79 Å². The van der Waals surface area contributed by atoms with Crippen molar-refractivity contribution >= 4 is 0 Å². The average molecular weight is 234 g/mol. The molecular formula is C15H22O2. The molecular weight excluding hydrogens is 212 g/mol. The van der Waals surface area contributed by atoms with E-state index in [4.69, 9.17) is 9.47 Å². The van der Waals surface area contributed by atoms with Gasteiger partial charge in [0.25, 0.3) is 0 Å². The van der Waals surface area contributed by atoms with E-state index in [1.165, 1.54) is 5.56 Å². The monoisotopic (exact) mass is 234 g/mol. The highest BCUT2D eigenvalue weighted by molar-refractivity contribution is 5.18. The summed E-state index contributed by atoms with van der Waals surface area (Å²) in [5.74, 6) is 0.0256. The molecule has 1 aliphatic heterocycles. The van der Waals surface area contributed by atoms with Crippen LogP contribution in [0, 0.1) is 5.92 Å². The lowest BCUT2D eigenvalue weighted by Crippen LogP contribution is -2.43. The first-order valence-corrected chi connectivity index (χ1v) is 6.38. The zero-order valence-corrected chi connectivity index (χ0v) is 11.1. The average Bonchev–Trinajstić information content (AvgIpc) is 2.28. The highest BCUT2D eigenvalue weighted by Gasteiger charge is 2.37. The normalized spacial score (nSPS) is 28.3. The molecule has 0 bridgehead atoms. The molecule has 0 unspecified atom stereocenters. The van der Waals surface area contributed by atoms with Crippen molar-refractivity contribution < 1.29 is 9.47 Å². The van der Waals surface area contributed by atoms with Gasteiger partial charge in [0.1, 0.15) is 0 Å². The molecule has 2 nitrogen and oxygen atoms in total. The highest BCUT2D eigenvalue weighted by atomic mass is 16.7. The second-order valence-corrected chi connectivity index (χ2v) is 5.55. The molecule has 2 heteroatoms. The van der Waals surface area contributed by atoms with Crippen LogP contribution in [0.5, 0.6) is 0 Å². The van der Waals surface area contributed by atoms with Crippen LogP contribution in [-0.4, -0.2) is 11.9 Å². The third-order valence-electron chi connectivity index (χ3n) is 3.22. The summed E-state index contributed by atoms with van der Waals surface area (Å²) in [6.07, 6.45) is 1.35. The molecule has 0 aliphatic carbocycles. The Kier molecular flexibility index (Phi) is 3.55. The van der Waals surface area contributed by atoms with Gasteiger partial charge < -0.3 is 9.47 Å². The molecule has 1 fully saturated rings. The van der Waals surface area contributed by atoms with Gasteiger partial charge in [0.05, 0.1) is 12.2 Å². The Balaban J connectivity index is 2.18. The summed E-state index contributed by atoms with van der Waals surface area (Å²) >= 11 is 0. The fraction of sp³-hybridized carbons (Fsp3) is 0.600. The van der Waals surface area contributed by atoms with Crippen LogP contribution in [0.15, 0.2) is 30.3 Å². The van der Waals surface area contributed by atoms with E-state index in [-0.39, 0.29) is 12.2 Å². The quantitative estimate of drug-likeness (QED) is 0.772. The zero-order valence-electron chi connectivity index (χ0n) is 11.1. The highest BCUT2D eigenvalue weighted by Crippen LogP contribution is 2.37. The van der Waals surface area contributed by atoms with Gasteiger partial charge in [-0.3, -0.25) is 0 Å². The van der Waals surface area contributed by atoms with E-state index in [0.29, 0.717) is 5.92 Å². The largest absolute Gasteiger partial charge is 0.347 e. The first-order valence-electron chi connectivity index (χ1n) is 6.38. The van der Waals surface area contributed by atoms with Crippen molar-refractivity contribution in [3.63, 3.8) is 0 Å². The summed E-state index contributed by atoms with van der Waals surface area (Å²) in [5.41, 5.74) is 1.24. The summed E-state index contributed by atoms with van der Waals surface area (Å²) in [6, 6.07) is 10.4. The van der Waals surface area contributed by atoms with E-state index in [1.54, 1.807) is 0 Å². The molecule has 1 aromatic rings. The van der Waals surface area contributed by atoms with E-state index >= 15 is 0 Å². The van der Waals surface area contributed by atoms with Crippen molar-refractivity contribution in [2.75, 3.05) is 0 Å². The van der Waals surface area contributed by atoms with Crippen molar-refractivity contribution in [1.29, 1.82) is 0 Å². The van der Waals surface area contributed by atoms with Gasteiger partial charge >= 0.3 is 0 Å². The Morgan fingerprint density at radius 2 is 1.76 bits per heavy atom. The van der Waals surface area contributed by atoms with E-state index in [9.17, 15) is 0 Å². The Bertz CT molecular complexity index is 356. The van der Waals surface area contributed by atoms with Gasteiger partial charge in [-0.2, -0.15) is 0 Å². The topological polar surface area (TPSA) is 18.5 Å². The van der Waals surface area contributed by atoms with Gasteiger partial charge in [-0.1, -0.05) is 44.2 Å². The first-order chi connectivity index (χ1) is 7.98. The summed E-state index contributed by atoms with van der Waals surface area (Å²) in [6.45, 7) is 8.40. The Labute approximate surface area is 104 Å². The Morgan fingerprint density at radius 3 is 2.35 bits per heavy atom. The van der Waals surface area contributed by atoms with Crippen molar-refractivity contribution in [2.45, 2.75) is 52.1 Å². The summed E-state index contributed by atoms with van der Waals surface area (Å²) < 4.78 is 12.0. The molecule has 0 spiro atoms. The van der Waals surface area contributed by atoms with Crippen LogP contribution in [0.4, 0.5) is 0 Å². The molecule has 17 heavy (non-hydrogen) atoms. The molecule has 1 saturated heterocycles. The molecule has 0 aromatic heterocycles. The minimum atomic E-state index is -0.492. The smallest absolute Gasteiger partial charge is 0.163 e. The second kappa shape index (κ2) is 4.79. The summed E-state index contributed by atoms with van der Waals surface area (Å²) in [4.78, 5) is 0. The molecule has 0 saturated carbocycles. The number of hydrogen-bond acceptors (Lipinski definition) is 2. The third kappa shape index (κ3) is 3.08. The SMILES string of the molecule is CC(C)[C@H]1C[C@H](c2ccccc2)OC(C)(C)O1. The number of ether oxygens (including phenoxy) is 2. The van der Waals surface area contributed by atoms with Crippen molar-refractivity contribution in [1.82, 2.24) is 0 Å². The Hall–Kier alpha value is -0.860. The minimum Gasteiger partial charge on any atom is -0.347 e. The lowest BCUT2D eigenvalue weighted by molar-refractivity contribution is -0.308. The maximum atomic E-state index is 6.02. The van der Waals surface area contributed by atoms with Crippen LogP contribution in [0.3, 0.4) is 0 Å². The fourth-order valence-corrected chi connectivity index (χ4v) is 2.32. The van der Waals surface area contributed by atoms with Crippen LogP contribution in [0.25, 0.3) is 0 Å². The lowest BCUT2D eigenvalue weighted by Gasteiger charge is -2.42. The molecule has 1 aliphatic rings. The van der Waals surface area contributed by atoms with Crippen LogP contribution < -0.4 is 0 Å². The molecule has 2 atom stereocenters. The van der Waals surface area contributed by atoms with Crippen molar-refractivity contribution in [3.8, 4) is 0 Å². The van der Waals surface area contributed by atoms with Gasteiger partial charge in [0.2, 0.25) is 0 Å². The van der Waals surface area contributed by atoms with Gasteiger partial charge in [-0.25, -0.2) is 0 Å². The standard InChI is InChI=1S/C15H22O2/c1-11(2)13-10-14(17-15(3,4)16-13)12-8-6-5-7-9-12/h5-9,11,13-14H,10H2,1-4H3/t13-,14-/m1/s1. The van der Waals surface area contributed by atoms with Crippen LogP contribution >= 0.6 is 0 Å². The molecule has 0 N–H and O–H groups in total. The summed E-state index contributed by atoms with van der Waals surface area (Å²) in [7, 11) is 0. The van der Waals surface area contributed by atoms with E-state index in [1.807, 2.05) is 19.9 Å². The van der Waals surface area contributed by atoms with Crippen LogP contribution in [0.1, 0.15) is 45.8 Å². The number of benzene rings is 1. The predicted octanol–water partition coefficient (Wildman–Crippen LogP) is 3.93. The fourth-order valence-electron chi connectivity index (χ4n) is 2.32. The summed E-state index contributed by atoms with van der Waals surface area (Å²) in [5, 5.41) is 0. The van der Waals surface area contributed by atoms with E-state index in [0.717, 1.165) is 6.42 Å². The number of hydrogen-bond donors (Lipinski definition) is 0. The van der Waals surface area contributed by atoms with Crippen LogP contribution in [-0.2, 0) is 9.47 Å². The zero-order chi connectivity index (χ0) is 12.5. The molecule has 94 valence electrons. The molecule has 2 rings (SSSR count). The molecule has 0 amide bonds. The van der Waals surface area contributed by atoms with Gasteiger partial charge in [0, 0.05) is 6.42 Å². The molecule has 1 aromatic carbocycles. The van der Waals surface area contributed by atoms with Gasteiger partial charge in [-0.15, -0.1) is 0 Å². The molecule has 0 radical (unpaired) electrons. The van der Waals surface area contributed by atoms with Gasteiger partial charge in [-0.05, 0) is 25.3 Å². The number of rotatable bonds is 2. The second-order valence-electron chi connectivity index (χ2n) is 5.55. The minimum absolute atomic E-state index is 0.146. The van der Waals surface area contributed by atoms with Gasteiger partial charge in [0.15, 0.2) is 5.79 Å². The lowest BCUT2D eigenvalue weighted by atomic mass is 9.95. The van der Waals surface area contributed by atoms with Crippen LogP contribution in [0.2, 0.25) is 0 Å².